The Morgan fingerprint density at radius 2 is 2.36 bits per heavy atom. The van der Waals surface area contributed by atoms with E-state index < -0.39 is 0 Å². The minimum atomic E-state index is 0.188. The van der Waals surface area contributed by atoms with E-state index in [1.165, 1.54) is 0 Å². The van der Waals surface area contributed by atoms with Crippen molar-refractivity contribution < 1.29 is 9.53 Å². The molecule has 1 heterocycles. The summed E-state index contributed by atoms with van der Waals surface area (Å²) in [6.07, 6.45) is 1.08. The summed E-state index contributed by atoms with van der Waals surface area (Å²) in [5.74, 6) is 0.188. The smallest absolute Gasteiger partial charge is 0.219 e. The third-order valence-electron chi connectivity index (χ3n) is 2.88. The minimum Gasteiger partial charge on any atom is -0.383 e. The number of methoxy groups -OCH3 is 1. The maximum Gasteiger partial charge on any atom is 0.219 e. The summed E-state index contributed by atoms with van der Waals surface area (Å²) in [5, 5.41) is 0. The molecule has 0 saturated carbocycles. The first-order valence-corrected chi connectivity index (χ1v) is 5.10. The van der Waals surface area contributed by atoms with Crippen molar-refractivity contribution in [3.63, 3.8) is 0 Å². The molecule has 0 bridgehead atoms. The van der Waals surface area contributed by atoms with Crippen LogP contribution >= 0.6 is 0 Å². The van der Waals surface area contributed by atoms with Gasteiger partial charge in [-0.1, -0.05) is 0 Å². The maximum atomic E-state index is 11.1. The van der Waals surface area contributed by atoms with Crippen molar-refractivity contribution in [2.45, 2.75) is 19.4 Å². The molecule has 14 heavy (non-hydrogen) atoms. The van der Waals surface area contributed by atoms with Crippen molar-refractivity contribution in [3.8, 4) is 0 Å². The number of likely N-dealkylation sites (tertiary alicyclic amines) is 1. The topological polar surface area (TPSA) is 32.8 Å². The third-order valence-corrected chi connectivity index (χ3v) is 2.88. The Bertz CT molecular complexity index is 197. The molecule has 1 atom stereocenters. The van der Waals surface area contributed by atoms with Gasteiger partial charge in [-0.15, -0.1) is 0 Å². The van der Waals surface area contributed by atoms with Crippen LogP contribution in [0.1, 0.15) is 13.3 Å². The molecule has 0 aromatic rings. The molecule has 0 aliphatic carbocycles. The summed E-state index contributed by atoms with van der Waals surface area (Å²) < 4.78 is 5.02. The fraction of sp³-hybridized carbons (Fsp3) is 0.900. The molecule has 82 valence electrons. The molecule has 0 unspecified atom stereocenters. The molecule has 1 amide bonds. The van der Waals surface area contributed by atoms with E-state index >= 15 is 0 Å². The normalized spacial score (nSPS) is 22.0. The Hall–Kier alpha value is -0.610. The van der Waals surface area contributed by atoms with Crippen molar-refractivity contribution in [2.24, 2.45) is 0 Å². The molecule has 1 aliphatic rings. The van der Waals surface area contributed by atoms with Gasteiger partial charge >= 0.3 is 0 Å². The Morgan fingerprint density at radius 1 is 1.64 bits per heavy atom. The van der Waals surface area contributed by atoms with Crippen LogP contribution in [0.5, 0.6) is 0 Å². The highest BCUT2D eigenvalue weighted by Gasteiger charge is 2.26. The zero-order valence-electron chi connectivity index (χ0n) is 9.32. The molecular weight excluding hydrogens is 180 g/mol. The Morgan fingerprint density at radius 3 is 2.86 bits per heavy atom. The van der Waals surface area contributed by atoms with Crippen LogP contribution in [0.15, 0.2) is 0 Å². The van der Waals surface area contributed by atoms with Crippen LogP contribution in [0.4, 0.5) is 0 Å². The molecule has 0 N–H and O–H groups in total. The lowest BCUT2D eigenvalue weighted by Crippen LogP contribution is -2.37. The highest BCUT2D eigenvalue weighted by Crippen LogP contribution is 2.13. The molecule has 1 aliphatic heterocycles. The summed E-state index contributed by atoms with van der Waals surface area (Å²) in [7, 11) is 3.80. The molecule has 4 nitrogen and oxygen atoms in total. The van der Waals surface area contributed by atoms with Crippen molar-refractivity contribution >= 4 is 5.91 Å². The number of nitrogens with zero attached hydrogens (tertiary/aromatic N) is 2. The van der Waals surface area contributed by atoms with E-state index in [0.29, 0.717) is 6.04 Å². The minimum absolute atomic E-state index is 0.188. The van der Waals surface area contributed by atoms with Crippen molar-refractivity contribution in [1.82, 2.24) is 9.80 Å². The quantitative estimate of drug-likeness (QED) is 0.649. The monoisotopic (exact) mass is 200 g/mol. The second-order valence-electron chi connectivity index (χ2n) is 3.88. The number of likely N-dealkylation sites (N-methyl/N-ethyl adjacent to an activating group) is 1. The van der Waals surface area contributed by atoms with Gasteiger partial charge in [0.05, 0.1) is 6.61 Å². The van der Waals surface area contributed by atoms with E-state index in [1.807, 2.05) is 4.90 Å². The Labute approximate surface area is 85.8 Å². The number of hydrogen-bond donors (Lipinski definition) is 0. The summed E-state index contributed by atoms with van der Waals surface area (Å²) in [4.78, 5) is 15.3. The maximum absolute atomic E-state index is 11.1. The number of carbonyl (C=O) groups is 1. The summed E-state index contributed by atoms with van der Waals surface area (Å²) in [6.45, 7) is 5.10. The summed E-state index contributed by atoms with van der Waals surface area (Å²) >= 11 is 0. The van der Waals surface area contributed by atoms with Crippen LogP contribution in [-0.4, -0.2) is 62.1 Å². The van der Waals surface area contributed by atoms with Gasteiger partial charge in [-0.2, -0.15) is 0 Å². The van der Waals surface area contributed by atoms with E-state index in [0.717, 1.165) is 32.7 Å². The van der Waals surface area contributed by atoms with E-state index in [2.05, 4.69) is 11.9 Å². The number of amides is 1. The van der Waals surface area contributed by atoms with Gasteiger partial charge in [0, 0.05) is 39.7 Å². The molecular formula is C10H20N2O2. The molecule has 1 fully saturated rings. The molecule has 0 aromatic carbocycles. The van der Waals surface area contributed by atoms with Crippen LogP contribution < -0.4 is 0 Å². The SMILES string of the molecule is COCCN(C)[C@H]1CCN(C(C)=O)C1. The second kappa shape index (κ2) is 5.32. The van der Waals surface area contributed by atoms with Crippen molar-refractivity contribution in [3.05, 3.63) is 0 Å². The first-order valence-electron chi connectivity index (χ1n) is 5.10. The van der Waals surface area contributed by atoms with Crippen LogP contribution in [0.3, 0.4) is 0 Å². The van der Waals surface area contributed by atoms with Crippen LogP contribution in [0, 0.1) is 0 Å². The average molecular weight is 200 g/mol. The zero-order chi connectivity index (χ0) is 10.6. The summed E-state index contributed by atoms with van der Waals surface area (Å²) in [5.41, 5.74) is 0. The lowest BCUT2D eigenvalue weighted by molar-refractivity contribution is -0.127. The predicted molar refractivity (Wildman–Crippen MR) is 55.2 cm³/mol. The standard InChI is InChI=1S/C10H20N2O2/c1-9(13)12-5-4-10(8-12)11(2)6-7-14-3/h10H,4-8H2,1-3H3/t10-/m0/s1. The van der Waals surface area contributed by atoms with Crippen LogP contribution in [0.2, 0.25) is 0 Å². The van der Waals surface area contributed by atoms with Gasteiger partial charge in [0.1, 0.15) is 0 Å². The van der Waals surface area contributed by atoms with Gasteiger partial charge < -0.3 is 9.64 Å². The number of ether oxygens (including phenoxy) is 1. The second-order valence-corrected chi connectivity index (χ2v) is 3.88. The van der Waals surface area contributed by atoms with Crippen LogP contribution in [0.25, 0.3) is 0 Å². The number of rotatable bonds is 4. The largest absolute Gasteiger partial charge is 0.383 e. The molecule has 0 spiro atoms. The Kier molecular flexibility index (Phi) is 4.35. The van der Waals surface area contributed by atoms with Gasteiger partial charge in [-0.05, 0) is 13.5 Å². The van der Waals surface area contributed by atoms with Gasteiger partial charge in [-0.25, -0.2) is 0 Å². The molecule has 1 saturated heterocycles. The number of hydrogen-bond acceptors (Lipinski definition) is 3. The van der Waals surface area contributed by atoms with Gasteiger partial charge in [0.15, 0.2) is 0 Å². The van der Waals surface area contributed by atoms with E-state index in [9.17, 15) is 4.79 Å². The highest BCUT2D eigenvalue weighted by atomic mass is 16.5. The molecule has 0 aromatic heterocycles. The first-order chi connectivity index (χ1) is 6.65. The molecule has 1 rings (SSSR count). The fourth-order valence-corrected chi connectivity index (χ4v) is 1.81. The fourth-order valence-electron chi connectivity index (χ4n) is 1.81. The van der Waals surface area contributed by atoms with Crippen molar-refractivity contribution in [1.29, 1.82) is 0 Å². The van der Waals surface area contributed by atoms with E-state index in [-0.39, 0.29) is 5.91 Å². The third kappa shape index (κ3) is 2.96. The highest BCUT2D eigenvalue weighted by molar-refractivity contribution is 5.73. The molecule has 0 radical (unpaired) electrons. The lowest BCUT2D eigenvalue weighted by Gasteiger charge is -2.23. The van der Waals surface area contributed by atoms with Gasteiger partial charge in [0.2, 0.25) is 5.91 Å². The van der Waals surface area contributed by atoms with E-state index in [4.69, 9.17) is 4.74 Å². The Balaban J connectivity index is 2.30. The average Bonchev–Trinajstić information content (AvgIpc) is 2.62. The van der Waals surface area contributed by atoms with Crippen molar-refractivity contribution in [2.75, 3.05) is 40.4 Å². The van der Waals surface area contributed by atoms with Gasteiger partial charge in [-0.3, -0.25) is 9.69 Å². The summed E-state index contributed by atoms with van der Waals surface area (Å²) in [6, 6.07) is 0.508. The molecule has 4 heteroatoms. The zero-order valence-corrected chi connectivity index (χ0v) is 9.32. The number of carbonyl (C=O) groups excluding carboxylic acids is 1. The lowest BCUT2D eigenvalue weighted by atomic mass is 10.2. The van der Waals surface area contributed by atoms with E-state index in [1.54, 1.807) is 14.0 Å². The predicted octanol–water partition coefficient (Wildman–Crippen LogP) is 0.185. The van der Waals surface area contributed by atoms with Crippen LogP contribution in [-0.2, 0) is 9.53 Å². The first kappa shape index (κ1) is 11.5. The van der Waals surface area contributed by atoms with Gasteiger partial charge in [0.25, 0.3) is 0 Å².